The van der Waals surface area contributed by atoms with Crippen molar-refractivity contribution >= 4 is 22.4 Å². The number of aryl methyl sites for hydroxylation is 1. The highest BCUT2D eigenvalue weighted by Gasteiger charge is 2.09. The van der Waals surface area contributed by atoms with Gasteiger partial charge in [0.15, 0.2) is 5.13 Å². The standard InChI is InChI=1S/C16H14N4O2S/c1-11-2-4-12(5-3-11)13-6-7-15(22)20(19-13)10-14(21)18-16-17-8-9-23-16/h2-9H,10H2,1H3,(H,17,18,21). The zero-order chi connectivity index (χ0) is 16.2. The van der Waals surface area contributed by atoms with Gasteiger partial charge in [0.05, 0.1) is 5.69 Å². The molecule has 1 aromatic carbocycles. The average Bonchev–Trinajstić information content (AvgIpc) is 3.03. The van der Waals surface area contributed by atoms with E-state index in [0.29, 0.717) is 10.8 Å². The van der Waals surface area contributed by atoms with Crippen molar-refractivity contribution in [3.05, 3.63) is 63.9 Å². The van der Waals surface area contributed by atoms with E-state index in [1.54, 1.807) is 17.6 Å². The van der Waals surface area contributed by atoms with Crippen molar-refractivity contribution in [1.82, 2.24) is 14.8 Å². The normalized spacial score (nSPS) is 10.5. The lowest BCUT2D eigenvalue weighted by atomic mass is 10.1. The second kappa shape index (κ2) is 6.53. The first-order chi connectivity index (χ1) is 11.1. The second-order valence-corrected chi connectivity index (χ2v) is 5.86. The van der Waals surface area contributed by atoms with E-state index in [-0.39, 0.29) is 18.0 Å². The molecule has 0 aliphatic carbocycles. The van der Waals surface area contributed by atoms with Crippen LogP contribution in [0.2, 0.25) is 0 Å². The molecule has 0 bridgehead atoms. The van der Waals surface area contributed by atoms with Gasteiger partial charge in [0.2, 0.25) is 5.91 Å². The number of hydrogen-bond acceptors (Lipinski definition) is 5. The summed E-state index contributed by atoms with van der Waals surface area (Å²) >= 11 is 1.32. The second-order valence-electron chi connectivity index (χ2n) is 4.97. The van der Waals surface area contributed by atoms with Gasteiger partial charge in [0, 0.05) is 23.2 Å². The number of thiazole rings is 1. The van der Waals surface area contributed by atoms with Crippen LogP contribution in [0.25, 0.3) is 11.3 Å². The van der Waals surface area contributed by atoms with Gasteiger partial charge in [0.25, 0.3) is 5.56 Å². The van der Waals surface area contributed by atoms with Crippen LogP contribution in [0.1, 0.15) is 5.56 Å². The van der Waals surface area contributed by atoms with Crippen molar-refractivity contribution in [2.45, 2.75) is 13.5 Å². The number of nitrogens with zero attached hydrogens (tertiary/aromatic N) is 3. The van der Waals surface area contributed by atoms with Crippen LogP contribution >= 0.6 is 11.3 Å². The van der Waals surface area contributed by atoms with E-state index in [1.807, 2.05) is 31.2 Å². The number of rotatable bonds is 4. The molecule has 1 N–H and O–H groups in total. The van der Waals surface area contributed by atoms with Gasteiger partial charge in [-0.1, -0.05) is 29.8 Å². The van der Waals surface area contributed by atoms with Crippen LogP contribution < -0.4 is 10.9 Å². The van der Waals surface area contributed by atoms with Crippen molar-refractivity contribution < 1.29 is 4.79 Å². The monoisotopic (exact) mass is 326 g/mol. The van der Waals surface area contributed by atoms with Gasteiger partial charge in [-0.3, -0.25) is 9.59 Å². The summed E-state index contributed by atoms with van der Waals surface area (Å²) in [6.07, 6.45) is 1.60. The van der Waals surface area contributed by atoms with Gasteiger partial charge in [0.1, 0.15) is 6.54 Å². The van der Waals surface area contributed by atoms with Crippen molar-refractivity contribution in [2.75, 3.05) is 5.32 Å². The minimum absolute atomic E-state index is 0.155. The molecule has 0 aliphatic rings. The SMILES string of the molecule is Cc1ccc(-c2ccc(=O)n(CC(=O)Nc3nccs3)n2)cc1. The van der Waals surface area contributed by atoms with E-state index >= 15 is 0 Å². The molecule has 0 radical (unpaired) electrons. The molecule has 0 saturated carbocycles. The predicted octanol–water partition coefficient (Wildman–Crippen LogP) is 2.31. The molecule has 0 unspecified atom stereocenters. The zero-order valence-corrected chi connectivity index (χ0v) is 13.2. The van der Waals surface area contributed by atoms with Crippen LogP contribution in [0.15, 0.2) is 52.8 Å². The number of anilines is 1. The molecule has 0 atom stereocenters. The number of hydrogen-bond donors (Lipinski definition) is 1. The molecule has 0 saturated heterocycles. The maximum atomic E-state index is 12.0. The van der Waals surface area contributed by atoms with Crippen molar-refractivity contribution in [2.24, 2.45) is 0 Å². The topological polar surface area (TPSA) is 76.9 Å². The van der Waals surface area contributed by atoms with Crippen LogP contribution in [-0.2, 0) is 11.3 Å². The first-order valence-corrected chi connectivity index (χ1v) is 7.84. The third-order valence-electron chi connectivity index (χ3n) is 3.19. The van der Waals surface area contributed by atoms with E-state index < -0.39 is 0 Å². The molecule has 3 aromatic rings. The maximum absolute atomic E-state index is 12.0. The highest BCUT2D eigenvalue weighted by Crippen LogP contribution is 2.16. The van der Waals surface area contributed by atoms with E-state index in [2.05, 4.69) is 15.4 Å². The quantitative estimate of drug-likeness (QED) is 0.798. The lowest BCUT2D eigenvalue weighted by Crippen LogP contribution is -2.29. The van der Waals surface area contributed by atoms with Crippen LogP contribution in [-0.4, -0.2) is 20.7 Å². The van der Waals surface area contributed by atoms with Gasteiger partial charge in [-0.2, -0.15) is 5.10 Å². The zero-order valence-electron chi connectivity index (χ0n) is 12.4. The van der Waals surface area contributed by atoms with Crippen molar-refractivity contribution in [3.63, 3.8) is 0 Å². The van der Waals surface area contributed by atoms with Crippen molar-refractivity contribution in [1.29, 1.82) is 0 Å². The van der Waals surface area contributed by atoms with E-state index in [4.69, 9.17) is 0 Å². The molecule has 0 aliphatic heterocycles. The van der Waals surface area contributed by atoms with E-state index in [9.17, 15) is 9.59 Å². The number of amides is 1. The smallest absolute Gasteiger partial charge is 0.267 e. The molecule has 1 amide bonds. The Morgan fingerprint density at radius 3 is 2.70 bits per heavy atom. The largest absolute Gasteiger partial charge is 0.300 e. The molecule has 23 heavy (non-hydrogen) atoms. The Labute approximate surface area is 136 Å². The van der Waals surface area contributed by atoms with Gasteiger partial charge >= 0.3 is 0 Å². The first kappa shape index (κ1) is 15.1. The average molecular weight is 326 g/mol. The predicted molar refractivity (Wildman–Crippen MR) is 89.4 cm³/mol. The highest BCUT2D eigenvalue weighted by atomic mass is 32.1. The number of carbonyl (C=O) groups excluding carboxylic acids is 1. The number of aromatic nitrogens is 3. The summed E-state index contributed by atoms with van der Waals surface area (Å²) in [5.41, 5.74) is 2.36. The summed E-state index contributed by atoms with van der Waals surface area (Å²) in [5.74, 6) is -0.337. The molecule has 2 aromatic heterocycles. The van der Waals surface area contributed by atoms with Gasteiger partial charge in [-0.25, -0.2) is 9.67 Å². The van der Waals surface area contributed by atoms with Crippen LogP contribution in [0.4, 0.5) is 5.13 Å². The minimum atomic E-state index is -0.337. The van der Waals surface area contributed by atoms with E-state index in [0.717, 1.165) is 15.8 Å². The Kier molecular flexibility index (Phi) is 4.29. The minimum Gasteiger partial charge on any atom is -0.300 e. The summed E-state index contributed by atoms with van der Waals surface area (Å²) < 4.78 is 1.15. The Balaban J connectivity index is 1.81. The molecule has 3 rings (SSSR count). The van der Waals surface area contributed by atoms with Crippen LogP contribution in [0.5, 0.6) is 0 Å². The Hall–Kier alpha value is -2.80. The summed E-state index contributed by atoms with van der Waals surface area (Å²) in [5, 5.41) is 9.16. The van der Waals surface area contributed by atoms with Gasteiger partial charge in [-0.05, 0) is 13.0 Å². The fourth-order valence-electron chi connectivity index (χ4n) is 2.02. The van der Waals surface area contributed by atoms with Gasteiger partial charge < -0.3 is 5.32 Å². The molecule has 7 heteroatoms. The summed E-state index contributed by atoms with van der Waals surface area (Å²) in [6.45, 7) is 1.85. The first-order valence-electron chi connectivity index (χ1n) is 6.96. The third kappa shape index (κ3) is 3.70. The molecule has 0 spiro atoms. The number of benzene rings is 1. The van der Waals surface area contributed by atoms with Crippen LogP contribution in [0, 0.1) is 6.92 Å². The fraction of sp³-hybridized carbons (Fsp3) is 0.125. The van der Waals surface area contributed by atoms with Gasteiger partial charge in [-0.15, -0.1) is 11.3 Å². The molecule has 116 valence electrons. The Morgan fingerprint density at radius 2 is 2.00 bits per heavy atom. The van der Waals surface area contributed by atoms with Crippen molar-refractivity contribution in [3.8, 4) is 11.3 Å². The maximum Gasteiger partial charge on any atom is 0.267 e. The third-order valence-corrected chi connectivity index (χ3v) is 3.87. The molecular formula is C16H14N4O2S. The molecule has 6 nitrogen and oxygen atoms in total. The summed E-state index contributed by atoms with van der Waals surface area (Å²) in [7, 11) is 0. The lowest BCUT2D eigenvalue weighted by molar-refractivity contribution is -0.117. The van der Waals surface area contributed by atoms with E-state index in [1.165, 1.54) is 17.4 Å². The Bertz CT molecular complexity index is 870. The number of carbonyl (C=O) groups is 1. The fourth-order valence-corrected chi connectivity index (χ4v) is 2.57. The lowest BCUT2D eigenvalue weighted by Gasteiger charge is -2.07. The summed E-state index contributed by atoms with van der Waals surface area (Å²) in [4.78, 5) is 27.9. The van der Waals surface area contributed by atoms with Crippen LogP contribution in [0.3, 0.4) is 0 Å². The Morgan fingerprint density at radius 1 is 1.22 bits per heavy atom. The molecular weight excluding hydrogens is 312 g/mol. The molecule has 0 fully saturated rings. The summed E-state index contributed by atoms with van der Waals surface area (Å²) in [6, 6.07) is 10.9. The number of nitrogens with one attached hydrogen (secondary N) is 1. The molecule has 2 heterocycles. The highest BCUT2D eigenvalue weighted by molar-refractivity contribution is 7.13.